The van der Waals surface area contributed by atoms with E-state index in [1.165, 1.54) is 81.6 Å². The van der Waals surface area contributed by atoms with E-state index in [2.05, 4.69) is 194 Å². The molecule has 2 unspecified atom stereocenters. The molecular weight excluding hydrogens is 910 g/mol. The first kappa shape index (κ1) is 51.4. The summed E-state index contributed by atoms with van der Waals surface area (Å²) in [6, 6.07) is 54.2. The van der Waals surface area contributed by atoms with Gasteiger partial charge < -0.3 is 15.1 Å². The largest absolute Gasteiger partial charge is 0.442 e. The highest BCUT2D eigenvalue weighted by molar-refractivity contribution is 8.16. The molecule has 0 spiro atoms. The van der Waals surface area contributed by atoms with Gasteiger partial charge in [-0.15, -0.1) is 0 Å². The predicted molar refractivity (Wildman–Crippen MR) is 258 cm³/mol. The molecule has 1 fully saturated rings. The summed E-state index contributed by atoms with van der Waals surface area (Å²) in [5.74, 6) is 0.767. The van der Waals surface area contributed by atoms with E-state index in [0.29, 0.717) is 12.0 Å². The lowest BCUT2D eigenvalue weighted by Gasteiger charge is -2.31. The van der Waals surface area contributed by atoms with Crippen LogP contribution in [0.25, 0.3) is 10.8 Å². The lowest BCUT2D eigenvalue weighted by Crippen LogP contribution is -2.30. The van der Waals surface area contributed by atoms with Crippen LogP contribution in [0.3, 0.4) is 0 Å². The third-order valence-electron chi connectivity index (χ3n) is 11.0. The second-order valence-corrected chi connectivity index (χ2v) is 18.3. The van der Waals surface area contributed by atoms with Crippen LogP contribution in [0.4, 0.5) is 68.0 Å². The van der Waals surface area contributed by atoms with Crippen LogP contribution in [0.2, 0.25) is 0 Å². The number of fused-ring (bicyclic) bond motifs is 1. The Morgan fingerprint density at radius 1 is 0.554 bits per heavy atom. The monoisotopic (exact) mass is 961 g/mol. The number of halogens is 9. The minimum absolute atomic E-state index is 0.0780. The molecule has 7 rings (SSSR count). The SMILES string of the molecule is CCN(c1ccccc1)c1ccc(C(c2ccc(N(CC)c3ccccc3)cc2)c2ccc(NC3CCCCC3C)c3ccccc23)cc1.FC(F)(F)S.FC(F)(F)SCSC(F)(F)F. The van der Waals surface area contributed by atoms with Gasteiger partial charge >= 0.3 is 16.5 Å². The molecule has 0 aliphatic heterocycles. The minimum Gasteiger partial charge on any atom is -0.382 e. The molecule has 1 N–H and O–H groups in total. The summed E-state index contributed by atoms with van der Waals surface area (Å²) < 4.78 is 97.9. The quantitative estimate of drug-likeness (QED) is 0.0518. The van der Waals surface area contributed by atoms with Crippen molar-refractivity contribution in [3.63, 3.8) is 0 Å². The molecule has 0 amide bonds. The number of para-hydroxylation sites is 2. The fourth-order valence-corrected chi connectivity index (χ4v) is 9.39. The van der Waals surface area contributed by atoms with Gasteiger partial charge in [0, 0.05) is 58.9 Å². The molecule has 0 bridgehead atoms. The van der Waals surface area contributed by atoms with E-state index < -0.39 is 45.1 Å². The summed E-state index contributed by atoms with van der Waals surface area (Å²) in [6.45, 7) is 8.66. The van der Waals surface area contributed by atoms with Crippen LogP contribution >= 0.6 is 36.2 Å². The number of nitrogens with zero attached hydrogens (tertiary/aromatic N) is 2. The number of nitrogens with one attached hydrogen (secondary N) is 1. The maximum atomic E-state index is 11.2. The zero-order valence-corrected chi connectivity index (χ0v) is 38.6. The van der Waals surface area contributed by atoms with Gasteiger partial charge in [0.15, 0.2) is 0 Å². The van der Waals surface area contributed by atoms with E-state index in [9.17, 15) is 39.5 Å². The average molecular weight is 962 g/mol. The fraction of sp³-hybridized carbons (Fsp3) is 0.320. The number of hydrogen-bond donors (Lipinski definition) is 2. The molecule has 2 atom stereocenters. The fourth-order valence-electron chi connectivity index (χ4n) is 8.08. The molecule has 1 saturated carbocycles. The number of alkyl halides is 9. The van der Waals surface area contributed by atoms with E-state index in [-0.39, 0.29) is 5.92 Å². The third-order valence-corrected chi connectivity index (χ3v) is 12.6. The molecule has 0 radical (unpaired) electrons. The topological polar surface area (TPSA) is 18.5 Å². The number of thiol groups is 1. The highest BCUT2D eigenvalue weighted by Crippen LogP contribution is 2.42. The summed E-state index contributed by atoms with van der Waals surface area (Å²) in [5, 5.41) is 5.56. The van der Waals surface area contributed by atoms with Crippen molar-refractivity contribution in [1.82, 2.24) is 0 Å². The van der Waals surface area contributed by atoms with E-state index in [1.807, 2.05) is 0 Å². The van der Waals surface area contributed by atoms with Gasteiger partial charge in [0.1, 0.15) is 0 Å². The Kier molecular flexibility index (Phi) is 18.8. The zero-order valence-electron chi connectivity index (χ0n) is 36.1. The predicted octanol–water partition coefficient (Wildman–Crippen LogP) is 17.2. The van der Waals surface area contributed by atoms with Crippen LogP contribution in [0.15, 0.2) is 146 Å². The van der Waals surface area contributed by atoms with Crippen LogP contribution < -0.4 is 15.1 Å². The smallest absolute Gasteiger partial charge is 0.382 e. The van der Waals surface area contributed by atoms with Gasteiger partial charge in [-0.1, -0.05) is 123 Å². The Morgan fingerprint density at radius 2 is 0.954 bits per heavy atom. The van der Waals surface area contributed by atoms with Gasteiger partial charge in [-0.05, 0) is 133 Å². The first-order valence-electron chi connectivity index (χ1n) is 21.2. The van der Waals surface area contributed by atoms with Crippen molar-refractivity contribution in [2.24, 2.45) is 5.92 Å². The molecule has 348 valence electrons. The molecule has 6 aromatic carbocycles. The highest BCUT2D eigenvalue weighted by atomic mass is 32.2. The maximum Gasteiger partial charge on any atom is 0.442 e. The molecule has 1 aliphatic carbocycles. The number of benzene rings is 6. The molecule has 65 heavy (non-hydrogen) atoms. The maximum absolute atomic E-state index is 11.2. The zero-order chi connectivity index (χ0) is 47.2. The van der Waals surface area contributed by atoms with E-state index >= 15 is 0 Å². The van der Waals surface area contributed by atoms with Crippen LogP contribution in [0.1, 0.15) is 69.1 Å². The molecule has 3 nitrogen and oxygen atoms in total. The Morgan fingerprint density at radius 3 is 1.37 bits per heavy atom. The Balaban J connectivity index is 0.000000424. The van der Waals surface area contributed by atoms with Gasteiger partial charge in [0.05, 0.1) is 5.08 Å². The van der Waals surface area contributed by atoms with E-state index in [0.717, 1.165) is 13.1 Å². The van der Waals surface area contributed by atoms with Crippen molar-refractivity contribution in [3.8, 4) is 0 Å². The highest BCUT2D eigenvalue weighted by Gasteiger charge is 2.33. The number of rotatable bonds is 13. The normalized spacial score (nSPS) is 15.4. The van der Waals surface area contributed by atoms with Gasteiger partial charge in [-0.3, -0.25) is 0 Å². The lowest BCUT2D eigenvalue weighted by atomic mass is 9.82. The lowest BCUT2D eigenvalue weighted by molar-refractivity contribution is -0.0340. The second-order valence-electron chi connectivity index (χ2n) is 15.3. The Hall–Kier alpha value is -4.60. The molecule has 15 heteroatoms. The molecule has 6 aromatic rings. The van der Waals surface area contributed by atoms with Crippen LogP contribution in [-0.2, 0) is 0 Å². The van der Waals surface area contributed by atoms with Crippen molar-refractivity contribution in [2.45, 2.75) is 74.9 Å². The summed E-state index contributed by atoms with van der Waals surface area (Å²) in [5.41, 5.74) is -3.45. The van der Waals surface area contributed by atoms with Crippen LogP contribution in [0.5, 0.6) is 0 Å². The molecule has 0 saturated heterocycles. The van der Waals surface area contributed by atoms with Crippen LogP contribution in [0, 0.1) is 5.92 Å². The Bertz CT molecular complexity index is 2220. The van der Waals surface area contributed by atoms with Crippen molar-refractivity contribution < 1.29 is 39.5 Å². The Labute approximate surface area is 389 Å². The van der Waals surface area contributed by atoms with Gasteiger partial charge in [0.2, 0.25) is 0 Å². The second kappa shape index (κ2) is 23.7. The molecule has 0 aromatic heterocycles. The van der Waals surface area contributed by atoms with Crippen molar-refractivity contribution in [1.29, 1.82) is 0 Å². The summed E-state index contributed by atoms with van der Waals surface area (Å²) in [6.07, 6.45) is 5.21. The number of hydrogen-bond acceptors (Lipinski definition) is 6. The summed E-state index contributed by atoms with van der Waals surface area (Å²) in [7, 11) is 0. The number of thioether (sulfide) groups is 2. The molecular formula is C50H52F9N3S3. The van der Waals surface area contributed by atoms with Gasteiger partial charge in [-0.2, -0.15) is 39.5 Å². The van der Waals surface area contributed by atoms with Crippen molar-refractivity contribution in [3.05, 3.63) is 162 Å². The third kappa shape index (κ3) is 16.1. The van der Waals surface area contributed by atoms with Crippen molar-refractivity contribution >= 4 is 75.4 Å². The number of anilines is 5. The van der Waals surface area contributed by atoms with Gasteiger partial charge in [-0.25, -0.2) is 0 Å². The van der Waals surface area contributed by atoms with Crippen LogP contribution in [-0.4, -0.2) is 40.7 Å². The molecule has 0 heterocycles. The van der Waals surface area contributed by atoms with Crippen molar-refractivity contribution in [2.75, 3.05) is 33.3 Å². The summed E-state index contributed by atoms with van der Waals surface area (Å²) >= 11 is 0.729. The average Bonchev–Trinajstić information content (AvgIpc) is 3.26. The minimum atomic E-state index is -4.59. The summed E-state index contributed by atoms with van der Waals surface area (Å²) in [4.78, 5) is 4.75. The van der Waals surface area contributed by atoms with E-state index in [1.54, 1.807) is 0 Å². The van der Waals surface area contributed by atoms with E-state index in [4.69, 9.17) is 0 Å². The first-order valence-corrected chi connectivity index (χ1v) is 23.6. The standard InChI is InChI=1S/C46H49N3.C3H2F6S2.CHF3S/c1-4-48(37-17-8-6-9-18-37)39-28-24-35(25-29-39)46(36-26-30-40(31-27-36)49(5-2)38-19-10-7-11-20-38)43-32-33-45(42-22-14-13-21-41(42)43)47-44-23-15-12-16-34(44)3;4-2(5,6)10-1-11-3(7,8)9;2-1(3,4)5/h6-11,13-14,17-22,24-34,44,46-47H,4-5,12,15-16,23H2,1-3H3;1H2;5H. The first-order chi connectivity index (χ1) is 30.8. The van der Waals surface area contributed by atoms with Gasteiger partial charge in [0.25, 0.3) is 0 Å². The molecule has 1 aliphatic rings.